The molecule has 0 saturated carbocycles. The van der Waals surface area contributed by atoms with Crippen molar-refractivity contribution in [3.8, 4) is 11.5 Å². The molecule has 1 fully saturated rings. The van der Waals surface area contributed by atoms with Crippen LogP contribution in [0.4, 0.5) is 0 Å². The average molecular weight is 496 g/mol. The summed E-state index contributed by atoms with van der Waals surface area (Å²) < 4.78 is 5.86. The van der Waals surface area contributed by atoms with Crippen LogP contribution in [0.5, 0.6) is 11.5 Å². The van der Waals surface area contributed by atoms with Gasteiger partial charge in [0.2, 0.25) is 11.8 Å². The first-order valence-electron chi connectivity index (χ1n) is 12.4. The van der Waals surface area contributed by atoms with E-state index in [1.54, 1.807) is 19.1 Å². The van der Waals surface area contributed by atoms with E-state index in [-0.39, 0.29) is 35.6 Å². The van der Waals surface area contributed by atoms with Crippen LogP contribution in [0.25, 0.3) is 0 Å². The van der Waals surface area contributed by atoms with E-state index < -0.39 is 23.7 Å². The maximum Gasteiger partial charge on any atom is 0.231 e. The highest BCUT2D eigenvalue weighted by molar-refractivity contribution is 6.23. The van der Waals surface area contributed by atoms with E-state index in [2.05, 4.69) is 5.32 Å². The number of benzene rings is 2. The summed E-state index contributed by atoms with van der Waals surface area (Å²) in [4.78, 5) is 51.6. The van der Waals surface area contributed by atoms with Gasteiger partial charge in [-0.1, -0.05) is 48.0 Å². The fraction of sp³-hybridized carbons (Fsp3) is 0.267. The van der Waals surface area contributed by atoms with Gasteiger partial charge in [0.05, 0.1) is 11.8 Å². The van der Waals surface area contributed by atoms with E-state index >= 15 is 0 Å². The molecule has 6 rings (SSSR count). The third kappa shape index (κ3) is 3.73. The summed E-state index contributed by atoms with van der Waals surface area (Å²) in [5.74, 6) is -2.94. The van der Waals surface area contributed by atoms with E-state index in [4.69, 9.17) is 4.74 Å². The molecule has 7 heteroatoms. The Balaban J connectivity index is 1.42. The quantitative estimate of drug-likeness (QED) is 0.380. The molecular weight excluding hydrogens is 470 g/mol. The van der Waals surface area contributed by atoms with Crippen molar-refractivity contribution in [2.75, 3.05) is 0 Å². The van der Waals surface area contributed by atoms with Gasteiger partial charge in [0.25, 0.3) is 0 Å². The Labute approximate surface area is 213 Å². The second kappa shape index (κ2) is 8.69. The van der Waals surface area contributed by atoms with Gasteiger partial charge in [0.1, 0.15) is 18.1 Å². The lowest BCUT2D eigenvalue weighted by atomic mass is 9.59. The number of phenolic OH excluding ortho intramolecular Hbond substituents is 1. The Hall–Kier alpha value is -4.26. The Morgan fingerprint density at radius 3 is 2.54 bits per heavy atom. The summed E-state index contributed by atoms with van der Waals surface area (Å²) in [5.41, 5.74) is 3.31. The molecule has 0 aromatic heterocycles. The van der Waals surface area contributed by atoms with E-state index in [0.717, 1.165) is 11.1 Å². The van der Waals surface area contributed by atoms with Crippen molar-refractivity contribution in [3.05, 3.63) is 94.1 Å². The topological polar surface area (TPSA) is 110 Å². The zero-order chi connectivity index (χ0) is 25.8. The summed E-state index contributed by atoms with van der Waals surface area (Å²) in [6.07, 6.45) is 3.84. The van der Waals surface area contributed by atoms with Crippen molar-refractivity contribution in [2.24, 2.45) is 17.8 Å². The average Bonchev–Trinajstić information content (AvgIpc) is 3.19. The minimum atomic E-state index is -0.693. The summed E-state index contributed by atoms with van der Waals surface area (Å²) in [5, 5.41) is 13.6. The molecular formula is C30H25NO6. The number of nitrogens with one attached hydrogen (secondary N) is 1. The highest BCUT2D eigenvalue weighted by Gasteiger charge is 2.53. The molecule has 3 aliphatic carbocycles. The number of aromatic hydroxyl groups is 1. The molecule has 4 unspecified atom stereocenters. The largest absolute Gasteiger partial charge is 0.507 e. The van der Waals surface area contributed by atoms with E-state index in [1.165, 1.54) is 12.1 Å². The first kappa shape index (κ1) is 23.2. The van der Waals surface area contributed by atoms with Gasteiger partial charge in [0.15, 0.2) is 11.6 Å². The maximum atomic E-state index is 13.4. The second-order valence-electron chi connectivity index (χ2n) is 10.1. The SMILES string of the molecule is CC1=CC(=O)C2=C(C1=O)C(c1ccc(OCc3ccccc3)cc1O)C1=CCC3C(=O)NC(=O)C3C1C2. The molecule has 186 valence electrons. The fourth-order valence-corrected chi connectivity index (χ4v) is 6.23. The van der Waals surface area contributed by atoms with Crippen LogP contribution in [0.2, 0.25) is 0 Å². The van der Waals surface area contributed by atoms with Gasteiger partial charge < -0.3 is 9.84 Å². The Kier molecular flexibility index (Phi) is 5.44. The maximum absolute atomic E-state index is 13.4. The van der Waals surface area contributed by atoms with Crippen LogP contribution in [0.3, 0.4) is 0 Å². The zero-order valence-corrected chi connectivity index (χ0v) is 20.2. The smallest absolute Gasteiger partial charge is 0.231 e. The first-order chi connectivity index (χ1) is 17.8. The molecule has 0 bridgehead atoms. The molecule has 2 amide bonds. The van der Waals surface area contributed by atoms with Crippen LogP contribution in [0.1, 0.15) is 36.8 Å². The third-order valence-electron chi connectivity index (χ3n) is 7.97. The number of imide groups is 1. The third-order valence-corrected chi connectivity index (χ3v) is 7.97. The number of ketones is 2. The lowest BCUT2D eigenvalue weighted by Gasteiger charge is -2.42. The van der Waals surface area contributed by atoms with Gasteiger partial charge in [0, 0.05) is 34.3 Å². The molecule has 1 heterocycles. The number of hydrogen-bond acceptors (Lipinski definition) is 6. The van der Waals surface area contributed by atoms with Crippen molar-refractivity contribution in [1.82, 2.24) is 5.32 Å². The zero-order valence-electron chi connectivity index (χ0n) is 20.2. The van der Waals surface area contributed by atoms with Crippen LogP contribution >= 0.6 is 0 Å². The first-order valence-corrected chi connectivity index (χ1v) is 12.4. The number of hydrogen-bond donors (Lipinski definition) is 2. The molecule has 0 spiro atoms. The molecule has 2 aromatic rings. The Bertz CT molecular complexity index is 1460. The second-order valence-corrected chi connectivity index (χ2v) is 10.1. The van der Waals surface area contributed by atoms with Gasteiger partial charge in [-0.25, -0.2) is 0 Å². The molecule has 7 nitrogen and oxygen atoms in total. The molecule has 4 atom stereocenters. The molecule has 37 heavy (non-hydrogen) atoms. The van der Waals surface area contributed by atoms with Crippen molar-refractivity contribution in [2.45, 2.75) is 32.3 Å². The molecule has 1 aliphatic heterocycles. The van der Waals surface area contributed by atoms with Crippen molar-refractivity contribution in [3.63, 3.8) is 0 Å². The van der Waals surface area contributed by atoms with Crippen molar-refractivity contribution in [1.29, 1.82) is 0 Å². The van der Waals surface area contributed by atoms with Crippen LogP contribution in [-0.4, -0.2) is 28.5 Å². The number of Topliss-reactive ketones (excluding diaryl/α,β-unsaturated/α-hetero) is 1. The number of carbonyl (C=O) groups excluding carboxylic acids is 4. The highest BCUT2D eigenvalue weighted by Crippen LogP contribution is 2.55. The van der Waals surface area contributed by atoms with E-state index in [1.807, 2.05) is 36.4 Å². The minimum absolute atomic E-state index is 0.0644. The van der Waals surface area contributed by atoms with Gasteiger partial charge >= 0.3 is 0 Å². The van der Waals surface area contributed by atoms with Crippen LogP contribution in [0.15, 0.2) is 83.0 Å². The minimum Gasteiger partial charge on any atom is -0.507 e. The highest BCUT2D eigenvalue weighted by atomic mass is 16.5. The predicted octanol–water partition coefficient (Wildman–Crippen LogP) is 3.69. The number of amides is 2. The number of fused-ring (bicyclic) bond motifs is 3. The van der Waals surface area contributed by atoms with Gasteiger partial charge in [-0.05, 0) is 43.4 Å². The lowest BCUT2D eigenvalue weighted by molar-refractivity contribution is -0.126. The predicted molar refractivity (Wildman–Crippen MR) is 133 cm³/mol. The number of rotatable bonds is 4. The van der Waals surface area contributed by atoms with Crippen LogP contribution < -0.4 is 10.1 Å². The standard InChI is InChI=1S/C30H25NO6/c1-15-11-23(32)22-13-21-18(9-10-20-26(21)30(36)31-29(20)35)25(27(22)28(15)34)19-8-7-17(12-24(19)33)37-14-16-5-3-2-4-6-16/h2-9,11-12,20-21,25-26,33H,10,13-14H2,1H3,(H,31,35,36). The van der Waals surface area contributed by atoms with E-state index in [9.17, 15) is 24.3 Å². The normalized spacial score (nSPS) is 26.6. The van der Waals surface area contributed by atoms with Gasteiger partial charge in [-0.2, -0.15) is 0 Å². The van der Waals surface area contributed by atoms with Crippen LogP contribution in [0, 0.1) is 17.8 Å². The number of allylic oxidation sites excluding steroid dienone is 6. The van der Waals surface area contributed by atoms with E-state index in [0.29, 0.717) is 41.1 Å². The lowest BCUT2D eigenvalue weighted by Crippen LogP contribution is -2.39. The number of phenols is 1. The molecule has 0 radical (unpaired) electrons. The van der Waals surface area contributed by atoms with Crippen LogP contribution in [-0.2, 0) is 25.8 Å². The summed E-state index contributed by atoms with van der Waals surface area (Å²) in [6.45, 7) is 1.94. The molecule has 4 aliphatic rings. The van der Waals surface area contributed by atoms with Crippen molar-refractivity contribution >= 4 is 23.4 Å². The Morgan fingerprint density at radius 2 is 1.78 bits per heavy atom. The summed E-state index contributed by atoms with van der Waals surface area (Å²) in [7, 11) is 0. The van der Waals surface area contributed by atoms with Gasteiger partial charge in [-0.3, -0.25) is 24.5 Å². The van der Waals surface area contributed by atoms with Gasteiger partial charge in [-0.15, -0.1) is 0 Å². The number of ether oxygens (including phenoxy) is 1. The summed E-state index contributed by atoms with van der Waals surface area (Å²) >= 11 is 0. The Morgan fingerprint density at radius 1 is 1.00 bits per heavy atom. The monoisotopic (exact) mass is 495 g/mol. The van der Waals surface area contributed by atoms with Crippen molar-refractivity contribution < 1.29 is 29.0 Å². The number of carbonyl (C=O) groups is 4. The molecule has 1 saturated heterocycles. The molecule has 2 aromatic carbocycles. The summed E-state index contributed by atoms with van der Waals surface area (Å²) in [6, 6.07) is 14.6. The fourth-order valence-electron chi connectivity index (χ4n) is 6.23. The molecule has 2 N–H and O–H groups in total.